The van der Waals surface area contributed by atoms with E-state index >= 15 is 0 Å². The van der Waals surface area contributed by atoms with Gasteiger partial charge in [-0.05, 0) is 43.3 Å². The summed E-state index contributed by atoms with van der Waals surface area (Å²) >= 11 is 0. The Labute approximate surface area is 146 Å². The molecule has 0 saturated heterocycles. The maximum Gasteiger partial charge on any atom is 0.416 e. The maximum atomic E-state index is 13.1. The molecular weight excluding hydrogens is 351 g/mol. The average molecular weight is 371 g/mol. The zero-order chi connectivity index (χ0) is 18.8. The monoisotopic (exact) mass is 371 g/mol. The highest BCUT2D eigenvalue weighted by Crippen LogP contribution is 2.33. The fourth-order valence-electron chi connectivity index (χ4n) is 2.59. The summed E-state index contributed by atoms with van der Waals surface area (Å²) in [6.07, 6.45) is -3.26. The molecule has 0 heterocycles. The molecule has 0 radical (unpaired) electrons. The molecule has 0 aliphatic rings. The molecule has 2 aromatic carbocycles. The largest absolute Gasteiger partial charge is 0.416 e. The number of halogens is 3. The molecule has 0 spiro atoms. The molecule has 0 aliphatic carbocycles. The highest BCUT2D eigenvalue weighted by atomic mass is 32.2. The van der Waals surface area contributed by atoms with Crippen LogP contribution in [0.15, 0.2) is 53.4 Å². The molecule has 0 aromatic heterocycles. The van der Waals surface area contributed by atoms with Crippen molar-refractivity contribution in [3.8, 4) is 0 Å². The number of nitrogens with zero attached hydrogens (tertiary/aromatic N) is 1. The van der Waals surface area contributed by atoms with Gasteiger partial charge in [-0.1, -0.05) is 30.3 Å². The molecule has 1 unspecified atom stereocenters. The van der Waals surface area contributed by atoms with E-state index in [0.717, 1.165) is 17.9 Å². The van der Waals surface area contributed by atoms with Crippen LogP contribution in [0, 0.1) is 0 Å². The molecule has 0 saturated carbocycles. The van der Waals surface area contributed by atoms with Gasteiger partial charge in [-0.25, -0.2) is 8.42 Å². The van der Waals surface area contributed by atoms with E-state index in [0.29, 0.717) is 0 Å². The minimum atomic E-state index is -4.39. The molecular formula is C18H20F3NO2S. The van der Waals surface area contributed by atoms with E-state index in [9.17, 15) is 21.6 Å². The Kier molecular flexibility index (Phi) is 5.58. The molecule has 7 heteroatoms. The van der Waals surface area contributed by atoms with Crippen LogP contribution in [0.25, 0.3) is 0 Å². The van der Waals surface area contributed by atoms with E-state index in [1.54, 1.807) is 30.1 Å². The van der Waals surface area contributed by atoms with Crippen LogP contribution in [-0.2, 0) is 22.6 Å². The predicted molar refractivity (Wildman–Crippen MR) is 90.9 cm³/mol. The second kappa shape index (κ2) is 7.17. The van der Waals surface area contributed by atoms with Gasteiger partial charge < -0.3 is 0 Å². The van der Waals surface area contributed by atoms with E-state index < -0.39 is 21.6 Å². The Bertz CT molecular complexity index is 830. The first kappa shape index (κ1) is 19.5. The number of benzene rings is 2. The van der Waals surface area contributed by atoms with Crippen molar-refractivity contribution in [3.63, 3.8) is 0 Å². The molecule has 136 valence electrons. The summed E-state index contributed by atoms with van der Waals surface area (Å²) in [6.45, 7) is 2.00. The van der Waals surface area contributed by atoms with Gasteiger partial charge >= 0.3 is 6.18 Å². The van der Waals surface area contributed by atoms with Gasteiger partial charge in [0.2, 0.25) is 0 Å². The van der Waals surface area contributed by atoms with Gasteiger partial charge in [-0.15, -0.1) is 0 Å². The molecule has 3 nitrogen and oxygen atoms in total. The van der Waals surface area contributed by atoms with Crippen LogP contribution in [0.2, 0.25) is 0 Å². The number of rotatable bonds is 5. The minimum absolute atomic E-state index is 0.130. The number of hydrogen-bond acceptors (Lipinski definition) is 3. The standard InChI is InChI=1S/C18H20F3NO2S/c1-13(14-8-10-16(11-9-14)25(3,23)24)22(2)12-15-6-4-5-7-17(15)18(19,20)21/h4-11,13H,12H2,1-3H3. The van der Waals surface area contributed by atoms with Crippen molar-refractivity contribution in [3.05, 3.63) is 65.2 Å². The Morgan fingerprint density at radius 3 is 2.12 bits per heavy atom. The topological polar surface area (TPSA) is 37.4 Å². The lowest BCUT2D eigenvalue weighted by Crippen LogP contribution is -2.23. The van der Waals surface area contributed by atoms with Crippen molar-refractivity contribution in [2.75, 3.05) is 13.3 Å². The average Bonchev–Trinajstić information content (AvgIpc) is 2.53. The molecule has 2 rings (SSSR count). The lowest BCUT2D eigenvalue weighted by Gasteiger charge is -2.26. The lowest BCUT2D eigenvalue weighted by molar-refractivity contribution is -0.138. The van der Waals surface area contributed by atoms with E-state index in [1.165, 1.54) is 24.3 Å². The van der Waals surface area contributed by atoms with Crippen LogP contribution < -0.4 is 0 Å². The summed E-state index contributed by atoms with van der Waals surface area (Å²) in [5.41, 5.74) is 0.401. The van der Waals surface area contributed by atoms with Crippen molar-refractivity contribution in [1.29, 1.82) is 0 Å². The summed E-state index contributed by atoms with van der Waals surface area (Å²) in [6, 6.07) is 11.7. The van der Waals surface area contributed by atoms with Gasteiger partial charge in [0.1, 0.15) is 0 Å². The van der Waals surface area contributed by atoms with Crippen LogP contribution in [0.1, 0.15) is 29.7 Å². The third-order valence-corrected chi connectivity index (χ3v) is 5.32. The number of sulfone groups is 1. The molecule has 0 bridgehead atoms. The van der Waals surface area contributed by atoms with Crippen molar-refractivity contribution < 1.29 is 21.6 Å². The predicted octanol–water partition coefficient (Wildman–Crippen LogP) is 4.30. The summed E-state index contributed by atoms with van der Waals surface area (Å²) in [7, 11) is -1.54. The van der Waals surface area contributed by atoms with Crippen LogP contribution in [0.5, 0.6) is 0 Å². The zero-order valence-electron chi connectivity index (χ0n) is 14.2. The van der Waals surface area contributed by atoms with Crippen molar-refractivity contribution in [2.24, 2.45) is 0 Å². The van der Waals surface area contributed by atoms with E-state index in [4.69, 9.17) is 0 Å². The molecule has 0 fully saturated rings. The summed E-state index contributed by atoms with van der Waals surface area (Å²) in [5, 5.41) is 0. The van der Waals surface area contributed by atoms with Crippen LogP contribution in [0.4, 0.5) is 13.2 Å². The van der Waals surface area contributed by atoms with Gasteiger partial charge in [0.05, 0.1) is 10.5 Å². The van der Waals surface area contributed by atoms with Crippen molar-refractivity contribution >= 4 is 9.84 Å². The van der Waals surface area contributed by atoms with E-state index in [2.05, 4.69) is 0 Å². The molecule has 0 N–H and O–H groups in total. The minimum Gasteiger partial charge on any atom is -0.295 e. The van der Waals surface area contributed by atoms with Crippen molar-refractivity contribution in [2.45, 2.75) is 30.6 Å². The highest BCUT2D eigenvalue weighted by molar-refractivity contribution is 7.90. The first-order valence-electron chi connectivity index (χ1n) is 7.65. The second-order valence-corrected chi connectivity index (χ2v) is 8.10. The van der Waals surface area contributed by atoms with Gasteiger partial charge in [0.25, 0.3) is 0 Å². The third kappa shape index (κ3) is 4.83. The fraction of sp³-hybridized carbons (Fsp3) is 0.333. The van der Waals surface area contributed by atoms with Gasteiger partial charge in [0.15, 0.2) is 9.84 Å². The number of alkyl halides is 3. The fourth-order valence-corrected chi connectivity index (χ4v) is 3.22. The van der Waals surface area contributed by atoms with Gasteiger partial charge in [0, 0.05) is 18.8 Å². The van der Waals surface area contributed by atoms with Crippen LogP contribution in [-0.4, -0.2) is 26.6 Å². The second-order valence-electron chi connectivity index (χ2n) is 6.09. The Balaban J connectivity index is 2.20. The molecule has 25 heavy (non-hydrogen) atoms. The van der Waals surface area contributed by atoms with Crippen molar-refractivity contribution in [1.82, 2.24) is 4.90 Å². The molecule has 0 aliphatic heterocycles. The highest BCUT2D eigenvalue weighted by Gasteiger charge is 2.33. The molecule has 0 amide bonds. The van der Waals surface area contributed by atoms with Gasteiger partial charge in [-0.3, -0.25) is 4.90 Å². The molecule has 2 aromatic rings. The summed E-state index contributed by atoms with van der Waals surface area (Å²) in [5.74, 6) is 0. The number of hydrogen-bond donors (Lipinski definition) is 0. The lowest BCUT2D eigenvalue weighted by atomic mass is 10.0. The molecule has 1 atom stereocenters. The summed E-state index contributed by atoms with van der Waals surface area (Å²) in [4.78, 5) is 2.01. The van der Waals surface area contributed by atoms with Gasteiger partial charge in [-0.2, -0.15) is 13.2 Å². The normalized spacial score (nSPS) is 13.9. The van der Waals surface area contributed by atoms with E-state index in [1.807, 2.05) is 6.92 Å². The maximum absolute atomic E-state index is 13.1. The van der Waals surface area contributed by atoms with Crippen LogP contribution >= 0.6 is 0 Å². The Morgan fingerprint density at radius 2 is 1.60 bits per heavy atom. The third-order valence-electron chi connectivity index (χ3n) is 4.19. The quantitative estimate of drug-likeness (QED) is 0.786. The van der Waals surface area contributed by atoms with E-state index in [-0.39, 0.29) is 23.0 Å². The first-order chi connectivity index (χ1) is 11.5. The van der Waals surface area contributed by atoms with Crippen LogP contribution in [0.3, 0.4) is 0 Å². The SMILES string of the molecule is CC(c1ccc(S(C)(=O)=O)cc1)N(C)Cc1ccccc1C(F)(F)F. The Morgan fingerprint density at radius 1 is 1.04 bits per heavy atom. The Hall–Kier alpha value is -1.86. The first-order valence-corrected chi connectivity index (χ1v) is 9.54. The summed E-state index contributed by atoms with van der Waals surface area (Å²) < 4.78 is 62.3. The smallest absolute Gasteiger partial charge is 0.295 e. The zero-order valence-corrected chi connectivity index (χ0v) is 15.0.